The van der Waals surface area contributed by atoms with E-state index in [0.29, 0.717) is 42.1 Å². The molecule has 33 heavy (non-hydrogen) atoms. The van der Waals surface area contributed by atoms with Crippen LogP contribution in [0.2, 0.25) is 5.02 Å². The molecule has 0 spiro atoms. The van der Waals surface area contributed by atoms with Crippen molar-refractivity contribution in [3.63, 3.8) is 0 Å². The van der Waals surface area contributed by atoms with Gasteiger partial charge in [0.2, 0.25) is 11.0 Å². The predicted molar refractivity (Wildman–Crippen MR) is 121 cm³/mol. The number of esters is 2. The quantitative estimate of drug-likeness (QED) is 0.352. The molecule has 0 unspecified atom stereocenters. The van der Waals surface area contributed by atoms with Crippen LogP contribution in [0.3, 0.4) is 0 Å². The Balaban J connectivity index is 2.44. The number of halogens is 2. The summed E-state index contributed by atoms with van der Waals surface area (Å²) in [4.78, 5) is 51.3. The topological polar surface area (TPSA) is 99.2 Å². The molecule has 2 rings (SSSR count). The smallest absolute Gasteiger partial charge is 0.334 e. The Hall–Kier alpha value is -2.30. The summed E-state index contributed by atoms with van der Waals surface area (Å²) < 4.78 is 29.9. The molecule has 0 fully saturated rings. The SMILES string of the molecule is CCOCCOC(=O)C1=C(C(=O)N(C(=O)CC)c2c(F)sc(CC(=O)OC)c2Cl)CCCC1. The van der Waals surface area contributed by atoms with Crippen molar-refractivity contribution in [3.8, 4) is 0 Å². The van der Waals surface area contributed by atoms with Gasteiger partial charge in [0.15, 0.2) is 0 Å². The number of methoxy groups -OCH3 is 1. The van der Waals surface area contributed by atoms with Crippen LogP contribution in [0.25, 0.3) is 0 Å². The summed E-state index contributed by atoms with van der Waals surface area (Å²) in [5, 5.41) is -1.10. The van der Waals surface area contributed by atoms with E-state index in [4.69, 9.17) is 21.1 Å². The van der Waals surface area contributed by atoms with E-state index < -0.39 is 34.6 Å². The molecule has 0 atom stereocenters. The molecule has 182 valence electrons. The first-order valence-corrected chi connectivity index (χ1v) is 11.8. The number of nitrogens with zero attached hydrogens (tertiary/aromatic N) is 1. The van der Waals surface area contributed by atoms with Crippen molar-refractivity contribution >= 4 is 52.4 Å². The number of amides is 2. The van der Waals surface area contributed by atoms with E-state index >= 15 is 0 Å². The van der Waals surface area contributed by atoms with Crippen LogP contribution in [0.5, 0.6) is 0 Å². The molecule has 11 heteroatoms. The zero-order valence-corrected chi connectivity index (χ0v) is 20.4. The van der Waals surface area contributed by atoms with Crippen molar-refractivity contribution in [1.29, 1.82) is 0 Å². The second kappa shape index (κ2) is 12.8. The molecule has 1 aliphatic carbocycles. The fourth-order valence-electron chi connectivity index (χ4n) is 3.35. The number of hydrogen-bond donors (Lipinski definition) is 0. The van der Waals surface area contributed by atoms with Crippen molar-refractivity contribution in [2.75, 3.05) is 31.8 Å². The lowest BCUT2D eigenvalue weighted by molar-refractivity contribution is -0.141. The summed E-state index contributed by atoms with van der Waals surface area (Å²) in [5.74, 6) is -2.81. The molecule has 0 radical (unpaired) electrons. The highest BCUT2D eigenvalue weighted by Gasteiger charge is 2.35. The number of carbonyl (C=O) groups excluding carboxylic acids is 4. The van der Waals surface area contributed by atoms with E-state index in [9.17, 15) is 23.6 Å². The Morgan fingerprint density at radius 3 is 2.36 bits per heavy atom. The maximum absolute atomic E-state index is 14.9. The molecule has 1 aromatic heterocycles. The standard InChI is InChI=1S/C22H27ClFNO7S/c1-4-16(26)25(19-18(23)15(33-20(19)24)12-17(27)30-3)21(28)13-8-6-7-9-14(13)22(29)32-11-10-31-5-2/h4-12H2,1-3H3. The molecule has 2 amide bonds. The number of hydrogen-bond acceptors (Lipinski definition) is 8. The van der Waals surface area contributed by atoms with E-state index in [1.54, 1.807) is 0 Å². The number of imide groups is 1. The Kier molecular flexibility index (Phi) is 10.5. The molecular weight excluding hydrogens is 477 g/mol. The predicted octanol–water partition coefficient (Wildman–Crippen LogP) is 3.98. The highest BCUT2D eigenvalue weighted by atomic mass is 35.5. The van der Waals surface area contributed by atoms with Crippen LogP contribution >= 0.6 is 22.9 Å². The van der Waals surface area contributed by atoms with Crippen LogP contribution in [0.15, 0.2) is 11.1 Å². The van der Waals surface area contributed by atoms with E-state index in [1.165, 1.54) is 14.0 Å². The lowest BCUT2D eigenvalue weighted by atomic mass is 9.90. The van der Waals surface area contributed by atoms with Gasteiger partial charge in [0, 0.05) is 29.1 Å². The highest BCUT2D eigenvalue weighted by Crippen LogP contribution is 2.41. The Labute approximate surface area is 200 Å². The molecule has 1 heterocycles. The lowest BCUT2D eigenvalue weighted by Crippen LogP contribution is -2.39. The molecule has 0 N–H and O–H groups in total. The maximum atomic E-state index is 14.9. The number of rotatable bonds is 10. The van der Waals surface area contributed by atoms with Gasteiger partial charge in [-0.15, -0.1) is 11.3 Å². The van der Waals surface area contributed by atoms with E-state index in [-0.39, 0.29) is 53.5 Å². The molecular formula is C22H27ClFNO7S. The highest BCUT2D eigenvalue weighted by molar-refractivity contribution is 7.11. The number of carbonyl (C=O) groups is 4. The molecule has 0 saturated carbocycles. The van der Waals surface area contributed by atoms with Crippen LogP contribution < -0.4 is 4.90 Å². The second-order valence-corrected chi connectivity index (χ2v) is 8.53. The lowest BCUT2D eigenvalue weighted by Gasteiger charge is -2.25. The summed E-state index contributed by atoms with van der Waals surface area (Å²) in [6, 6.07) is 0. The van der Waals surface area contributed by atoms with Gasteiger partial charge < -0.3 is 14.2 Å². The fourth-order valence-corrected chi connectivity index (χ4v) is 4.64. The summed E-state index contributed by atoms with van der Waals surface area (Å²) in [5.41, 5.74) is -0.154. The molecule has 0 bridgehead atoms. The summed E-state index contributed by atoms with van der Waals surface area (Å²) in [6.45, 7) is 4.05. The van der Waals surface area contributed by atoms with Crippen molar-refractivity contribution < 1.29 is 37.8 Å². The van der Waals surface area contributed by atoms with Gasteiger partial charge in [-0.3, -0.25) is 14.4 Å². The first kappa shape index (κ1) is 26.9. The van der Waals surface area contributed by atoms with Crippen molar-refractivity contribution in [3.05, 3.63) is 26.2 Å². The second-order valence-electron chi connectivity index (χ2n) is 7.10. The minimum absolute atomic E-state index is 0.0249. The van der Waals surface area contributed by atoms with Gasteiger partial charge in [0.1, 0.15) is 12.3 Å². The largest absolute Gasteiger partial charge is 0.469 e. The first-order valence-electron chi connectivity index (χ1n) is 10.6. The first-order chi connectivity index (χ1) is 15.8. The number of ether oxygens (including phenoxy) is 3. The van der Waals surface area contributed by atoms with Gasteiger partial charge in [0.05, 0.1) is 25.2 Å². The van der Waals surface area contributed by atoms with Crippen LogP contribution in [0, 0.1) is 5.13 Å². The Bertz CT molecular complexity index is 943. The molecule has 8 nitrogen and oxygen atoms in total. The third-order valence-corrected chi connectivity index (χ3v) is 6.49. The third-order valence-electron chi connectivity index (χ3n) is 5.00. The van der Waals surface area contributed by atoms with Gasteiger partial charge in [-0.05, 0) is 32.6 Å². The summed E-state index contributed by atoms with van der Waals surface area (Å²) in [6.07, 6.45) is 1.42. The van der Waals surface area contributed by atoms with Crippen LogP contribution in [-0.4, -0.2) is 50.7 Å². The molecule has 1 aromatic rings. The monoisotopic (exact) mass is 503 g/mol. The molecule has 0 aromatic carbocycles. The Morgan fingerprint density at radius 2 is 1.76 bits per heavy atom. The van der Waals surface area contributed by atoms with E-state index in [2.05, 4.69) is 4.74 Å². The minimum Gasteiger partial charge on any atom is -0.469 e. The van der Waals surface area contributed by atoms with Gasteiger partial charge in [0.25, 0.3) is 5.91 Å². The van der Waals surface area contributed by atoms with Crippen LogP contribution in [0.4, 0.5) is 10.1 Å². The van der Waals surface area contributed by atoms with Gasteiger partial charge >= 0.3 is 11.9 Å². The number of thiophene rings is 1. The normalized spacial score (nSPS) is 13.6. The zero-order valence-electron chi connectivity index (χ0n) is 18.8. The van der Waals surface area contributed by atoms with Crippen LogP contribution in [0.1, 0.15) is 50.8 Å². The summed E-state index contributed by atoms with van der Waals surface area (Å²) in [7, 11) is 1.18. The average Bonchev–Trinajstić information content (AvgIpc) is 3.09. The average molecular weight is 504 g/mol. The van der Waals surface area contributed by atoms with Gasteiger partial charge in [-0.25, -0.2) is 9.69 Å². The third kappa shape index (κ3) is 6.61. The zero-order chi connectivity index (χ0) is 24.5. The summed E-state index contributed by atoms with van der Waals surface area (Å²) >= 11 is 6.86. The Morgan fingerprint density at radius 1 is 1.09 bits per heavy atom. The maximum Gasteiger partial charge on any atom is 0.334 e. The molecule has 0 aliphatic heterocycles. The van der Waals surface area contributed by atoms with Gasteiger partial charge in [-0.2, -0.15) is 4.39 Å². The van der Waals surface area contributed by atoms with Gasteiger partial charge in [-0.1, -0.05) is 18.5 Å². The van der Waals surface area contributed by atoms with E-state index in [0.717, 1.165) is 0 Å². The molecule has 1 aliphatic rings. The fraction of sp³-hybridized carbons (Fsp3) is 0.545. The molecule has 0 saturated heterocycles. The van der Waals surface area contributed by atoms with Crippen molar-refractivity contribution in [2.24, 2.45) is 0 Å². The minimum atomic E-state index is -0.883. The van der Waals surface area contributed by atoms with Crippen LogP contribution in [-0.2, 0) is 39.8 Å². The number of anilines is 1. The van der Waals surface area contributed by atoms with Crippen molar-refractivity contribution in [1.82, 2.24) is 0 Å². The van der Waals surface area contributed by atoms with E-state index in [1.807, 2.05) is 6.92 Å². The van der Waals surface area contributed by atoms with Crippen molar-refractivity contribution in [2.45, 2.75) is 52.4 Å².